The average Bonchev–Trinajstić information content (AvgIpc) is 3.19. The molecule has 1 heterocycles. The Morgan fingerprint density at radius 1 is 1.21 bits per heavy atom. The molecule has 28 heavy (non-hydrogen) atoms. The van der Waals surface area contributed by atoms with Crippen LogP contribution in [0.2, 0.25) is 5.02 Å². The number of likely N-dealkylation sites (N-methyl/N-ethyl adjacent to an activating group) is 1. The number of amides is 2. The highest BCUT2D eigenvalue weighted by atomic mass is 35.5. The largest absolute Gasteiger partial charge is 0.482 e. The zero-order chi connectivity index (χ0) is 20.5. The van der Waals surface area contributed by atoms with Gasteiger partial charge in [-0.3, -0.25) is 9.59 Å². The van der Waals surface area contributed by atoms with E-state index in [0.29, 0.717) is 16.5 Å². The van der Waals surface area contributed by atoms with Crippen molar-refractivity contribution in [1.82, 2.24) is 10.2 Å². The third-order valence-corrected chi connectivity index (χ3v) is 4.11. The predicted molar refractivity (Wildman–Crippen MR) is 101 cm³/mol. The van der Waals surface area contributed by atoms with Gasteiger partial charge in [-0.2, -0.15) is 0 Å². The number of benzene rings is 1. The molecule has 2 rings (SSSR count). The molecule has 1 aromatic heterocycles. The molecule has 0 aliphatic heterocycles. The van der Waals surface area contributed by atoms with Crippen molar-refractivity contribution in [3.63, 3.8) is 0 Å². The Morgan fingerprint density at radius 3 is 2.68 bits per heavy atom. The Kier molecular flexibility index (Phi) is 7.88. The summed E-state index contributed by atoms with van der Waals surface area (Å²) in [6, 6.07) is 8.41. The molecule has 0 saturated carbocycles. The van der Waals surface area contributed by atoms with Crippen LogP contribution in [-0.2, 0) is 25.7 Å². The minimum absolute atomic E-state index is 0.169. The lowest BCUT2D eigenvalue weighted by atomic mass is 10.2. The molecule has 0 bridgehead atoms. The number of esters is 1. The first-order valence-electron chi connectivity index (χ1n) is 8.42. The van der Waals surface area contributed by atoms with Gasteiger partial charge in [0.1, 0.15) is 11.5 Å². The number of nitrogens with one attached hydrogen (secondary N) is 1. The van der Waals surface area contributed by atoms with Crippen LogP contribution < -0.4 is 10.1 Å². The van der Waals surface area contributed by atoms with Gasteiger partial charge in [0.2, 0.25) is 5.91 Å². The van der Waals surface area contributed by atoms with Crippen LogP contribution in [-0.4, -0.2) is 49.5 Å². The van der Waals surface area contributed by atoms with Gasteiger partial charge in [0.15, 0.2) is 13.2 Å². The minimum atomic E-state index is -0.698. The smallest absolute Gasteiger partial charge is 0.344 e. The van der Waals surface area contributed by atoms with E-state index in [1.165, 1.54) is 13.3 Å². The molecule has 0 aliphatic carbocycles. The Bertz CT molecular complexity index is 822. The zero-order valence-corrected chi connectivity index (χ0v) is 16.3. The molecule has 0 atom stereocenters. The molecule has 0 saturated heterocycles. The number of halogens is 1. The van der Waals surface area contributed by atoms with Crippen LogP contribution in [0.1, 0.15) is 11.3 Å². The van der Waals surface area contributed by atoms with Gasteiger partial charge in [-0.25, -0.2) is 4.79 Å². The Morgan fingerprint density at radius 2 is 2.00 bits per heavy atom. The fourth-order valence-corrected chi connectivity index (χ4v) is 2.22. The lowest BCUT2D eigenvalue weighted by Crippen LogP contribution is -2.40. The number of rotatable bonds is 9. The number of furan rings is 1. The second kappa shape index (κ2) is 10.4. The second-order valence-electron chi connectivity index (χ2n) is 5.97. The maximum absolute atomic E-state index is 12.0. The number of nitrogens with zero attached hydrogens (tertiary/aromatic N) is 1. The normalized spacial score (nSPS) is 10.2. The fraction of sp³-hybridized carbons (Fsp3) is 0.316. The highest BCUT2D eigenvalue weighted by Gasteiger charge is 2.15. The van der Waals surface area contributed by atoms with Gasteiger partial charge in [0, 0.05) is 12.1 Å². The van der Waals surface area contributed by atoms with E-state index in [9.17, 15) is 14.4 Å². The first kappa shape index (κ1) is 21.3. The number of hydrogen-bond donors (Lipinski definition) is 1. The van der Waals surface area contributed by atoms with Gasteiger partial charge in [-0.05, 0) is 42.8 Å². The lowest BCUT2D eigenvalue weighted by Gasteiger charge is -2.16. The summed E-state index contributed by atoms with van der Waals surface area (Å²) in [5.74, 6) is -0.497. The average molecular weight is 409 g/mol. The van der Waals surface area contributed by atoms with Crippen molar-refractivity contribution in [3.05, 3.63) is 52.9 Å². The van der Waals surface area contributed by atoms with Crippen LogP contribution in [0.25, 0.3) is 0 Å². The van der Waals surface area contributed by atoms with E-state index in [-0.39, 0.29) is 25.6 Å². The molecular weight excluding hydrogens is 388 g/mol. The molecule has 0 radical (unpaired) electrons. The van der Waals surface area contributed by atoms with Gasteiger partial charge >= 0.3 is 5.97 Å². The van der Waals surface area contributed by atoms with Crippen LogP contribution in [0, 0.1) is 6.92 Å². The van der Waals surface area contributed by atoms with Gasteiger partial charge in [0.25, 0.3) is 5.91 Å². The van der Waals surface area contributed by atoms with E-state index >= 15 is 0 Å². The Hall–Kier alpha value is -3.00. The van der Waals surface area contributed by atoms with E-state index < -0.39 is 18.5 Å². The third-order valence-electron chi connectivity index (χ3n) is 3.69. The van der Waals surface area contributed by atoms with E-state index in [0.717, 1.165) is 10.5 Å². The number of aryl methyl sites for hydroxylation is 1. The quantitative estimate of drug-likeness (QED) is 0.637. The summed E-state index contributed by atoms with van der Waals surface area (Å²) in [6.45, 7) is 1.04. The van der Waals surface area contributed by atoms with Crippen molar-refractivity contribution in [1.29, 1.82) is 0 Å². The minimum Gasteiger partial charge on any atom is -0.482 e. The summed E-state index contributed by atoms with van der Waals surface area (Å²) in [6.07, 6.45) is 1.50. The molecule has 0 aliphatic rings. The maximum atomic E-state index is 12.0. The van der Waals surface area contributed by atoms with Crippen LogP contribution in [0.15, 0.2) is 41.0 Å². The van der Waals surface area contributed by atoms with Crippen LogP contribution >= 0.6 is 11.6 Å². The molecule has 1 N–H and O–H groups in total. The monoisotopic (exact) mass is 408 g/mol. The SMILES string of the molecule is Cc1cc(OCC(=O)OCC(=O)N(C)CC(=O)NCc2ccco2)ccc1Cl. The van der Waals surface area contributed by atoms with Crippen molar-refractivity contribution >= 4 is 29.4 Å². The maximum Gasteiger partial charge on any atom is 0.344 e. The van der Waals surface area contributed by atoms with Crippen LogP contribution in [0.3, 0.4) is 0 Å². The van der Waals surface area contributed by atoms with Crippen LogP contribution in [0.4, 0.5) is 0 Å². The molecular formula is C19H21ClN2O6. The molecule has 1 aromatic carbocycles. The van der Waals surface area contributed by atoms with E-state index in [1.54, 1.807) is 30.3 Å². The highest BCUT2D eigenvalue weighted by Crippen LogP contribution is 2.20. The number of carbonyl (C=O) groups excluding carboxylic acids is 3. The van der Waals surface area contributed by atoms with Crippen molar-refractivity contribution in [3.8, 4) is 5.75 Å². The summed E-state index contributed by atoms with van der Waals surface area (Å²) in [4.78, 5) is 36.7. The van der Waals surface area contributed by atoms with E-state index in [2.05, 4.69) is 5.32 Å². The first-order valence-corrected chi connectivity index (χ1v) is 8.80. The van der Waals surface area contributed by atoms with Crippen molar-refractivity contribution in [2.45, 2.75) is 13.5 Å². The molecule has 2 aromatic rings. The van der Waals surface area contributed by atoms with Crippen molar-refractivity contribution < 1.29 is 28.3 Å². The van der Waals surface area contributed by atoms with Gasteiger partial charge in [-0.15, -0.1) is 0 Å². The number of hydrogen-bond acceptors (Lipinski definition) is 6. The van der Waals surface area contributed by atoms with Gasteiger partial charge in [0.05, 0.1) is 19.4 Å². The lowest BCUT2D eigenvalue weighted by molar-refractivity contribution is -0.153. The third kappa shape index (κ3) is 6.96. The van der Waals surface area contributed by atoms with Crippen LogP contribution in [0.5, 0.6) is 5.75 Å². The second-order valence-corrected chi connectivity index (χ2v) is 6.37. The predicted octanol–water partition coefficient (Wildman–Crippen LogP) is 1.94. The summed E-state index contributed by atoms with van der Waals surface area (Å²) in [7, 11) is 1.44. The first-order chi connectivity index (χ1) is 13.3. The highest BCUT2D eigenvalue weighted by molar-refractivity contribution is 6.31. The summed E-state index contributed by atoms with van der Waals surface area (Å²) in [5.41, 5.74) is 0.815. The summed E-state index contributed by atoms with van der Waals surface area (Å²) in [5, 5.41) is 3.21. The molecule has 0 unspecified atom stereocenters. The molecule has 150 valence electrons. The number of carbonyl (C=O) groups is 3. The number of ether oxygens (including phenoxy) is 2. The zero-order valence-electron chi connectivity index (χ0n) is 15.6. The Balaban J connectivity index is 1.66. The molecule has 2 amide bonds. The van der Waals surface area contributed by atoms with Crippen molar-refractivity contribution in [2.75, 3.05) is 26.8 Å². The summed E-state index contributed by atoms with van der Waals surface area (Å²) < 4.78 is 15.3. The van der Waals surface area contributed by atoms with E-state index in [4.69, 9.17) is 25.5 Å². The van der Waals surface area contributed by atoms with Gasteiger partial charge < -0.3 is 24.1 Å². The molecule has 0 fully saturated rings. The van der Waals surface area contributed by atoms with E-state index in [1.807, 2.05) is 6.92 Å². The van der Waals surface area contributed by atoms with Gasteiger partial charge in [-0.1, -0.05) is 11.6 Å². The summed E-state index contributed by atoms with van der Waals surface area (Å²) >= 11 is 5.92. The topological polar surface area (TPSA) is 98.1 Å². The Labute approximate surface area is 167 Å². The fourth-order valence-electron chi connectivity index (χ4n) is 2.10. The molecule has 8 nitrogen and oxygen atoms in total. The van der Waals surface area contributed by atoms with Crippen molar-refractivity contribution in [2.24, 2.45) is 0 Å². The molecule has 0 spiro atoms. The molecule has 9 heteroatoms. The standard InChI is InChI=1S/C19H21ClN2O6/c1-13-8-14(5-6-16(13)20)27-12-19(25)28-11-18(24)22(2)10-17(23)21-9-15-4-3-7-26-15/h3-8H,9-12H2,1-2H3,(H,21,23).